The maximum atomic E-state index is 13.2. The number of aromatic carboxylic acids is 1. The van der Waals surface area contributed by atoms with E-state index >= 15 is 0 Å². The third-order valence-electron chi connectivity index (χ3n) is 3.78. The number of nitrogens with one attached hydrogen (secondary N) is 2. The molecule has 0 aliphatic heterocycles. The number of hydrogen-bond acceptors (Lipinski definition) is 5. The summed E-state index contributed by atoms with van der Waals surface area (Å²) < 4.78 is 67.4. The minimum atomic E-state index is -4.31. The first-order valence-corrected chi connectivity index (χ1v) is 10.7. The van der Waals surface area contributed by atoms with Crippen molar-refractivity contribution in [2.24, 2.45) is 0 Å². The molecule has 1 aliphatic rings. The van der Waals surface area contributed by atoms with Crippen molar-refractivity contribution in [3.63, 3.8) is 0 Å². The summed E-state index contributed by atoms with van der Waals surface area (Å²) in [5, 5.41) is 9.11. The van der Waals surface area contributed by atoms with E-state index in [4.69, 9.17) is 5.11 Å². The molecule has 0 bridgehead atoms. The number of carboxylic acid groups (broad SMARTS) is 1. The lowest BCUT2D eigenvalue weighted by Crippen LogP contribution is -2.26. The van der Waals surface area contributed by atoms with E-state index in [1.807, 2.05) is 0 Å². The Balaban J connectivity index is 1.94. The minimum Gasteiger partial charge on any atom is -0.478 e. The molecule has 1 saturated carbocycles. The standard InChI is InChI=1S/C16H15FN2O6S2/c17-10-4-7-15(14(8-10)16(20)21)19-27(24,25)13-3-1-2-12(9-13)26(22,23)18-11-5-6-11/h1-4,7-9,11,18-19H,5-6H2,(H,20,21). The molecule has 0 unspecified atom stereocenters. The summed E-state index contributed by atoms with van der Waals surface area (Å²) in [6, 6.07) is 7.07. The van der Waals surface area contributed by atoms with Crippen LogP contribution in [0.5, 0.6) is 0 Å². The van der Waals surface area contributed by atoms with E-state index in [0.29, 0.717) is 6.07 Å². The SMILES string of the molecule is O=C(O)c1cc(F)ccc1NS(=O)(=O)c1cccc(S(=O)(=O)NC2CC2)c1. The molecule has 0 saturated heterocycles. The summed E-state index contributed by atoms with van der Waals surface area (Å²) in [7, 11) is -8.17. The van der Waals surface area contributed by atoms with E-state index in [1.54, 1.807) is 0 Å². The van der Waals surface area contributed by atoms with Crippen molar-refractivity contribution in [1.29, 1.82) is 0 Å². The van der Waals surface area contributed by atoms with Gasteiger partial charge in [-0.1, -0.05) is 6.07 Å². The molecule has 1 aliphatic carbocycles. The van der Waals surface area contributed by atoms with E-state index in [2.05, 4.69) is 9.44 Å². The quantitative estimate of drug-likeness (QED) is 0.633. The Morgan fingerprint density at radius 3 is 2.22 bits per heavy atom. The fourth-order valence-corrected chi connectivity index (χ4v) is 4.83. The molecule has 0 heterocycles. The first kappa shape index (κ1) is 19.3. The van der Waals surface area contributed by atoms with Crippen molar-refractivity contribution in [1.82, 2.24) is 4.72 Å². The highest BCUT2D eigenvalue weighted by molar-refractivity contribution is 7.93. The Morgan fingerprint density at radius 2 is 1.63 bits per heavy atom. The van der Waals surface area contributed by atoms with Gasteiger partial charge in [0.1, 0.15) is 5.82 Å². The summed E-state index contributed by atoms with van der Waals surface area (Å²) in [5.41, 5.74) is -0.911. The average molecular weight is 414 g/mol. The van der Waals surface area contributed by atoms with Crippen LogP contribution in [0.4, 0.5) is 10.1 Å². The predicted molar refractivity (Wildman–Crippen MR) is 94.0 cm³/mol. The van der Waals surface area contributed by atoms with Crippen LogP contribution in [0.2, 0.25) is 0 Å². The second-order valence-corrected chi connectivity index (χ2v) is 9.37. The van der Waals surface area contributed by atoms with Crippen LogP contribution >= 0.6 is 0 Å². The van der Waals surface area contributed by atoms with Gasteiger partial charge in [0.05, 0.1) is 21.0 Å². The number of rotatable bonds is 7. The zero-order valence-corrected chi connectivity index (χ0v) is 15.3. The lowest BCUT2D eigenvalue weighted by atomic mass is 10.2. The molecular weight excluding hydrogens is 399 g/mol. The van der Waals surface area contributed by atoms with Gasteiger partial charge in [-0.25, -0.2) is 30.7 Å². The van der Waals surface area contributed by atoms with E-state index in [1.165, 1.54) is 18.2 Å². The average Bonchev–Trinajstić information content (AvgIpc) is 3.39. The van der Waals surface area contributed by atoms with Crippen molar-refractivity contribution in [2.75, 3.05) is 4.72 Å². The van der Waals surface area contributed by atoms with E-state index in [-0.39, 0.29) is 21.5 Å². The molecule has 2 aromatic carbocycles. The van der Waals surface area contributed by atoms with Gasteiger partial charge in [0.15, 0.2) is 0 Å². The second-order valence-electron chi connectivity index (χ2n) is 5.97. The van der Waals surface area contributed by atoms with Crippen molar-refractivity contribution >= 4 is 31.7 Å². The molecule has 0 amide bonds. The maximum absolute atomic E-state index is 13.2. The predicted octanol–water partition coefficient (Wildman–Crippen LogP) is 1.77. The first-order valence-electron chi connectivity index (χ1n) is 7.76. The molecule has 0 atom stereocenters. The molecule has 8 nitrogen and oxygen atoms in total. The lowest BCUT2D eigenvalue weighted by molar-refractivity contribution is 0.0697. The fraction of sp³-hybridized carbons (Fsp3) is 0.188. The van der Waals surface area contributed by atoms with Crippen LogP contribution < -0.4 is 9.44 Å². The third-order valence-corrected chi connectivity index (χ3v) is 6.66. The summed E-state index contributed by atoms with van der Waals surface area (Å²) >= 11 is 0. The number of anilines is 1. The van der Waals surface area contributed by atoms with E-state index < -0.39 is 37.4 Å². The number of sulfonamides is 2. The fourth-order valence-electron chi connectivity index (χ4n) is 2.28. The second kappa shape index (κ2) is 6.91. The largest absolute Gasteiger partial charge is 0.478 e. The Hall–Kier alpha value is -2.50. The molecular formula is C16H15FN2O6S2. The van der Waals surface area contributed by atoms with E-state index in [9.17, 15) is 26.0 Å². The first-order chi connectivity index (χ1) is 12.6. The van der Waals surface area contributed by atoms with Gasteiger partial charge in [-0.15, -0.1) is 0 Å². The number of benzene rings is 2. The summed E-state index contributed by atoms with van der Waals surface area (Å²) in [6.07, 6.45) is 1.45. The van der Waals surface area contributed by atoms with Crippen LogP contribution in [0, 0.1) is 5.82 Å². The maximum Gasteiger partial charge on any atom is 0.337 e. The molecule has 2 aromatic rings. The van der Waals surface area contributed by atoms with Crippen molar-refractivity contribution in [3.8, 4) is 0 Å². The smallest absolute Gasteiger partial charge is 0.337 e. The Kier molecular flexibility index (Phi) is 4.93. The number of carboxylic acids is 1. The summed E-state index contributed by atoms with van der Waals surface area (Å²) in [4.78, 5) is 10.6. The van der Waals surface area contributed by atoms with Gasteiger partial charge >= 0.3 is 5.97 Å². The third kappa shape index (κ3) is 4.43. The van der Waals surface area contributed by atoms with Crippen LogP contribution in [0.25, 0.3) is 0 Å². The molecule has 0 spiro atoms. The molecule has 1 fully saturated rings. The van der Waals surface area contributed by atoms with Crippen LogP contribution in [0.1, 0.15) is 23.2 Å². The minimum absolute atomic E-state index is 0.147. The van der Waals surface area contributed by atoms with Gasteiger partial charge in [0.25, 0.3) is 10.0 Å². The number of carbonyl (C=O) groups is 1. The molecule has 0 radical (unpaired) electrons. The number of halogens is 1. The van der Waals surface area contributed by atoms with Crippen molar-refractivity contribution in [3.05, 3.63) is 53.8 Å². The van der Waals surface area contributed by atoms with Crippen LogP contribution in [-0.4, -0.2) is 34.0 Å². The topological polar surface area (TPSA) is 130 Å². The summed E-state index contributed by atoms with van der Waals surface area (Å²) in [5.74, 6) is -2.35. The van der Waals surface area contributed by atoms with Crippen LogP contribution in [0.15, 0.2) is 52.3 Å². The summed E-state index contributed by atoms with van der Waals surface area (Å²) in [6.45, 7) is 0. The van der Waals surface area contributed by atoms with Crippen molar-refractivity contribution in [2.45, 2.75) is 28.7 Å². The molecule has 27 heavy (non-hydrogen) atoms. The molecule has 3 rings (SSSR count). The number of hydrogen-bond donors (Lipinski definition) is 3. The molecule has 3 N–H and O–H groups in total. The Morgan fingerprint density at radius 1 is 1.00 bits per heavy atom. The van der Waals surface area contributed by atoms with Crippen molar-refractivity contribution < 1.29 is 31.1 Å². The highest BCUT2D eigenvalue weighted by Crippen LogP contribution is 2.25. The zero-order chi connectivity index (χ0) is 19.8. The van der Waals surface area contributed by atoms with Gasteiger partial charge in [-0.3, -0.25) is 4.72 Å². The van der Waals surface area contributed by atoms with Gasteiger partial charge in [0.2, 0.25) is 10.0 Å². The monoisotopic (exact) mass is 414 g/mol. The zero-order valence-electron chi connectivity index (χ0n) is 13.7. The van der Waals surface area contributed by atoms with E-state index in [0.717, 1.165) is 31.0 Å². The van der Waals surface area contributed by atoms with Gasteiger partial charge < -0.3 is 5.11 Å². The molecule has 0 aromatic heterocycles. The van der Waals surface area contributed by atoms with Gasteiger partial charge in [-0.05, 0) is 49.2 Å². The Labute approximate surface area is 155 Å². The van der Waals surface area contributed by atoms with Gasteiger partial charge in [-0.2, -0.15) is 0 Å². The normalized spacial score (nSPS) is 14.7. The highest BCUT2D eigenvalue weighted by Gasteiger charge is 2.29. The lowest BCUT2D eigenvalue weighted by Gasteiger charge is -2.12. The van der Waals surface area contributed by atoms with Crippen LogP contribution in [-0.2, 0) is 20.0 Å². The van der Waals surface area contributed by atoms with Crippen LogP contribution in [0.3, 0.4) is 0 Å². The van der Waals surface area contributed by atoms with Gasteiger partial charge in [0, 0.05) is 6.04 Å². The highest BCUT2D eigenvalue weighted by atomic mass is 32.2. The Bertz CT molecular complexity index is 1110. The molecule has 144 valence electrons. The molecule has 11 heteroatoms.